The van der Waals surface area contributed by atoms with Crippen molar-refractivity contribution in [2.75, 3.05) is 20.2 Å². The Labute approximate surface area is 200 Å². The number of fused-ring (bicyclic) bond motifs is 1. The summed E-state index contributed by atoms with van der Waals surface area (Å²) in [7, 11) is -2.05. The van der Waals surface area contributed by atoms with Crippen molar-refractivity contribution >= 4 is 37.8 Å². The fraction of sp³-hybridized carbons (Fsp3) is 0.167. The van der Waals surface area contributed by atoms with Gasteiger partial charge in [-0.05, 0) is 48.5 Å². The predicted octanol–water partition coefficient (Wildman–Crippen LogP) is 4.13. The van der Waals surface area contributed by atoms with Crippen molar-refractivity contribution in [3.63, 3.8) is 0 Å². The predicted molar refractivity (Wildman–Crippen MR) is 128 cm³/mol. The number of para-hydroxylation sites is 1. The molecule has 0 bridgehead atoms. The zero-order valence-corrected chi connectivity index (χ0v) is 20.1. The lowest BCUT2D eigenvalue weighted by Crippen LogP contribution is -2.39. The SMILES string of the molecule is CN(C[C@@H](COc1ccccc1)OC(=O)c1ccc(Br)cc1)C1=NS(=O)(=O)c2ccccc21. The third kappa shape index (κ3) is 5.43. The summed E-state index contributed by atoms with van der Waals surface area (Å²) in [6, 6.07) is 22.7. The van der Waals surface area contributed by atoms with E-state index in [2.05, 4.69) is 20.3 Å². The summed E-state index contributed by atoms with van der Waals surface area (Å²) in [4.78, 5) is 14.6. The second kappa shape index (κ2) is 9.76. The first kappa shape index (κ1) is 23.0. The quantitative estimate of drug-likeness (QED) is 0.428. The largest absolute Gasteiger partial charge is 0.490 e. The first-order chi connectivity index (χ1) is 15.8. The molecule has 0 N–H and O–H groups in total. The van der Waals surface area contributed by atoms with Crippen LogP contribution in [0.5, 0.6) is 5.75 Å². The van der Waals surface area contributed by atoms with Crippen molar-refractivity contribution in [1.82, 2.24) is 4.90 Å². The van der Waals surface area contributed by atoms with E-state index in [-0.39, 0.29) is 18.0 Å². The van der Waals surface area contributed by atoms with Gasteiger partial charge >= 0.3 is 5.97 Å². The highest BCUT2D eigenvalue weighted by atomic mass is 79.9. The highest BCUT2D eigenvalue weighted by Crippen LogP contribution is 2.27. The average molecular weight is 529 g/mol. The summed E-state index contributed by atoms with van der Waals surface area (Å²) in [5.74, 6) is 0.435. The minimum absolute atomic E-state index is 0.0816. The van der Waals surface area contributed by atoms with Crippen LogP contribution in [0, 0.1) is 0 Å². The highest BCUT2D eigenvalue weighted by Gasteiger charge is 2.31. The number of carbonyl (C=O) groups is 1. The Hall–Kier alpha value is -3.17. The number of likely N-dealkylation sites (N-methyl/N-ethyl adjacent to an activating group) is 1. The minimum atomic E-state index is -3.76. The lowest BCUT2D eigenvalue weighted by atomic mass is 10.2. The third-order valence-corrected chi connectivity index (χ3v) is 6.84. The number of hydrogen-bond donors (Lipinski definition) is 0. The lowest BCUT2D eigenvalue weighted by molar-refractivity contribution is 0.0130. The Morgan fingerprint density at radius 3 is 2.39 bits per heavy atom. The summed E-state index contributed by atoms with van der Waals surface area (Å²) in [6.07, 6.45) is -0.690. The number of esters is 1. The molecule has 0 saturated heterocycles. The van der Waals surface area contributed by atoms with E-state index in [0.717, 1.165) is 4.47 Å². The molecule has 0 radical (unpaired) electrons. The Morgan fingerprint density at radius 1 is 1.00 bits per heavy atom. The molecule has 0 spiro atoms. The number of nitrogens with zero attached hydrogens (tertiary/aromatic N) is 2. The van der Waals surface area contributed by atoms with Gasteiger partial charge in [0.1, 0.15) is 17.3 Å². The molecule has 7 nitrogen and oxygen atoms in total. The van der Waals surface area contributed by atoms with Crippen molar-refractivity contribution in [2.45, 2.75) is 11.0 Å². The Balaban J connectivity index is 1.53. The van der Waals surface area contributed by atoms with Crippen molar-refractivity contribution in [2.24, 2.45) is 4.40 Å². The van der Waals surface area contributed by atoms with Gasteiger partial charge in [0.05, 0.1) is 12.1 Å². The van der Waals surface area contributed by atoms with Gasteiger partial charge in [0, 0.05) is 17.1 Å². The molecule has 0 amide bonds. The summed E-state index contributed by atoms with van der Waals surface area (Å²) in [5.41, 5.74) is 0.915. The van der Waals surface area contributed by atoms with Crippen LogP contribution in [0.2, 0.25) is 0 Å². The van der Waals surface area contributed by atoms with Gasteiger partial charge in [0.25, 0.3) is 10.0 Å². The molecule has 0 aromatic heterocycles. The maximum Gasteiger partial charge on any atom is 0.338 e. The molecule has 0 fully saturated rings. The van der Waals surface area contributed by atoms with E-state index in [9.17, 15) is 13.2 Å². The zero-order valence-electron chi connectivity index (χ0n) is 17.7. The van der Waals surface area contributed by atoms with E-state index in [0.29, 0.717) is 22.7 Å². The molecule has 170 valence electrons. The van der Waals surface area contributed by atoms with Crippen LogP contribution in [-0.4, -0.2) is 51.4 Å². The first-order valence-corrected chi connectivity index (χ1v) is 12.4. The second-order valence-corrected chi connectivity index (χ2v) is 9.91. The average Bonchev–Trinajstić information content (AvgIpc) is 3.10. The molecule has 3 aromatic carbocycles. The molecular weight excluding hydrogens is 508 g/mol. The fourth-order valence-electron chi connectivity index (χ4n) is 3.39. The van der Waals surface area contributed by atoms with Gasteiger partial charge in [-0.1, -0.05) is 46.3 Å². The molecule has 1 aliphatic rings. The molecule has 1 atom stereocenters. The van der Waals surface area contributed by atoms with Gasteiger partial charge in [-0.25, -0.2) is 4.79 Å². The third-order valence-electron chi connectivity index (χ3n) is 4.98. The molecule has 0 unspecified atom stereocenters. The van der Waals surface area contributed by atoms with Crippen molar-refractivity contribution in [1.29, 1.82) is 0 Å². The van der Waals surface area contributed by atoms with Crippen LogP contribution in [0.15, 0.2) is 92.6 Å². The molecule has 4 rings (SSSR count). The Bertz CT molecular complexity index is 1280. The van der Waals surface area contributed by atoms with E-state index in [4.69, 9.17) is 9.47 Å². The van der Waals surface area contributed by atoms with Gasteiger partial charge in [0.2, 0.25) is 0 Å². The van der Waals surface area contributed by atoms with E-state index < -0.39 is 22.1 Å². The van der Waals surface area contributed by atoms with Crippen molar-refractivity contribution in [3.8, 4) is 5.75 Å². The van der Waals surface area contributed by atoms with Crippen LogP contribution in [0.4, 0.5) is 0 Å². The molecule has 1 aliphatic heterocycles. The molecule has 0 saturated carbocycles. The smallest absolute Gasteiger partial charge is 0.338 e. The first-order valence-electron chi connectivity index (χ1n) is 10.1. The number of carbonyl (C=O) groups excluding carboxylic acids is 1. The van der Waals surface area contributed by atoms with Gasteiger partial charge in [-0.15, -0.1) is 4.40 Å². The second-order valence-electron chi connectivity index (χ2n) is 7.42. The number of amidine groups is 1. The standard InChI is InChI=1S/C24H21BrN2O5S/c1-27(23-21-9-5-6-10-22(21)33(29,30)26-23)15-20(16-31-19-7-3-2-4-8-19)32-24(28)17-11-13-18(25)14-12-17/h2-14,20H,15-16H2,1H3/t20-/m0/s1. The van der Waals surface area contributed by atoms with Gasteiger partial charge in [0.15, 0.2) is 11.9 Å². The molecular formula is C24H21BrN2O5S. The number of benzene rings is 3. The van der Waals surface area contributed by atoms with Crippen molar-refractivity contribution in [3.05, 3.63) is 94.5 Å². The van der Waals surface area contributed by atoms with Gasteiger partial charge < -0.3 is 14.4 Å². The number of halogens is 1. The minimum Gasteiger partial charge on any atom is -0.490 e. The van der Waals surface area contributed by atoms with Crippen LogP contribution in [-0.2, 0) is 14.8 Å². The number of hydrogen-bond acceptors (Lipinski definition) is 6. The number of ether oxygens (including phenoxy) is 2. The molecule has 9 heteroatoms. The van der Waals surface area contributed by atoms with Crippen LogP contribution in [0.1, 0.15) is 15.9 Å². The summed E-state index contributed by atoms with van der Waals surface area (Å²) < 4.78 is 41.2. The topological polar surface area (TPSA) is 85.3 Å². The van der Waals surface area contributed by atoms with Crippen LogP contribution >= 0.6 is 15.9 Å². The fourth-order valence-corrected chi connectivity index (χ4v) is 4.91. The van der Waals surface area contributed by atoms with E-state index in [1.807, 2.05) is 18.2 Å². The van der Waals surface area contributed by atoms with Crippen LogP contribution in [0.3, 0.4) is 0 Å². The maximum atomic E-state index is 12.7. The summed E-state index contributed by atoms with van der Waals surface area (Å²) >= 11 is 3.35. The molecule has 0 aliphatic carbocycles. The molecule has 33 heavy (non-hydrogen) atoms. The Kier molecular flexibility index (Phi) is 6.80. The molecule has 1 heterocycles. The lowest BCUT2D eigenvalue weighted by Gasteiger charge is -2.25. The van der Waals surface area contributed by atoms with Crippen LogP contribution < -0.4 is 4.74 Å². The number of sulfonamides is 1. The number of rotatable bonds is 7. The zero-order chi connectivity index (χ0) is 23.4. The van der Waals surface area contributed by atoms with Crippen molar-refractivity contribution < 1.29 is 22.7 Å². The summed E-state index contributed by atoms with van der Waals surface area (Å²) in [6.45, 7) is 0.260. The van der Waals surface area contributed by atoms with E-state index >= 15 is 0 Å². The van der Waals surface area contributed by atoms with E-state index in [1.165, 1.54) is 6.07 Å². The Morgan fingerprint density at radius 2 is 1.67 bits per heavy atom. The maximum absolute atomic E-state index is 12.7. The van der Waals surface area contributed by atoms with Gasteiger partial charge in [-0.3, -0.25) is 0 Å². The van der Waals surface area contributed by atoms with E-state index in [1.54, 1.807) is 66.5 Å². The summed E-state index contributed by atoms with van der Waals surface area (Å²) in [5, 5.41) is 0. The van der Waals surface area contributed by atoms with Crippen LogP contribution in [0.25, 0.3) is 0 Å². The monoisotopic (exact) mass is 528 g/mol. The highest BCUT2D eigenvalue weighted by molar-refractivity contribution is 9.10. The normalized spacial score (nSPS) is 14.7. The van der Waals surface area contributed by atoms with Gasteiger partial charge in [-0.2, -0.15) is 8.42 Å². The molecule has 3 aromatic rings.